The van der Waals surface area contributed by atoms with Crippen LogP contribution in [0.1, 0.15) is 47.6 Å². The molecule has 0 aliphatic carbocycles. The van der Waals surface area contributed by atoms with Crippen LogP contribution in [0, 0.1) is 0 Å². The zero-order chi connectivity index (χ0) is 13.9. The van der Waals surface area contributed by atoms with Crippen molar-refractivity contribution in [3.05, 3.63) is 35.5 Å². The molecule has 0 saturated carbocycles. The fourth-order valence-electron chi connectivity index (χ4n) is 2.63. The van der Waals surface area contributed by atoms with Crippen molar-refractivity contribution < 1.29 is 9.32 Å². The minimum atomic E-state index is -0.0434. The first-order chi connectivity index (χ1) is 9.78. The van der Waals surface area contributed by atoms with Gasteiger partial charge in [-0.3, -0.25) is 9.89 Å². The molecule has 1 atom stereocenters. The van der Waals surface area contributed by atoms with Gasteiger partial charge in [-0.05, 0) is 18.9 Å². The van der Waals surface area contributed by atoms with E-state index in [4.69, 9.17) is 4.52 Å². The lowest BCUT2D eigenvalue weighted by Gasteiger charge is -2.14. The van der Waals surface area contributed by atoms with Gasteiger partial charge in [0.2, 0.25) is 0 Å². The van der Waals surface area contributed by atoms with E-state index in [-0.39, 0.29) is 5.91 Å². The topological polar surface area (TPSA) is 75.0 Å². The summed E-state index contributed by atoms with van der Waals surface area (Å²) in [6, 6.07) is 3.73. The smallest absolute Gasteiger partial charge is 0.276 e. The van der Waals surface area contributed by atoms with E-state index in [1.54, 1.807) is 12.3 Å². The number of amides is 1. The molecule has 6 nitrogen and oxygen atoms in total. The van der Waals surface area contributed by atoms with Gasteiger partial charge in [0.25, 0.3) is 5.91 Å². The largest absolute Gasteiger partial charge is 0.361 e. The van der Waals surface area contributed by atoms with Gasteiger partial charge in [0, 0.05) is 43.4 Å². The number of aromatic nitrogens is 3. The highest BCUT2D eigenvalue weighted by molar-refractivity contribution is 5.92. The molecule has 1 amide bonds. The summed E-state index contributed by atoms with van der Waals surface area (Å²) in [7, 11) is 0. The molecule has 1 saturated heterocycles. The number of carbonyl (C=O) groups is 1. The predicted molar refractivity (Wildman–Crippen MR) is 72.3 cm³/mol. The van der Waals surface area contributed by atoms with Crippen LogP contribution in [0.25, 0.3) is 0 Å². The second kappa shape index (κ2) is 5.48. The average Bonchev–Trinajstić information content (AvgIpc) is 3.19. The molecule has 0 bridgehead atoms. The van der Waals surface area contributed by atoms with E-state index in [2.05, 4.69) is 22.3 Å². The molecule has 0 spiro atoms. The number of nitrogens with one attached hydrogen (secondary N) is 1. The highest BCUT2D eigenvalue weighted by atomic mass is 16.5. The highest BCUT2D eigenvalue weighted by Crippen LogP contribution is 2.26. The molecule has 1 aliphatic heterocycles. The predicted octanol–water partition coefficient (Wildman–Crippen LogP) is 1.98. The third-order valence-corrected chi connectivity index (χ3v) is 3.71. The van der Waals surface area contributed by atoms with Crippen molar-refractivity contribution in [3.8, 4) is 0 Å². The number of nitrogens with zero attached hydrogens (tertiary/aromatic N) is 3. The molecule has 106 valence electrons. The molecule has 0 radical (unpaired) electrons. The minimum Gasteiger partial charge on any atom is -0.361 e. The summed E-state index contributed by atoms with van der Waals surface area (Å²) in [5, 5.41) is 10.8. The number of rotatable bonds is 4. The maximum absolute atomic E-state index is 12.4. The van der Waals surface area contributed by atoms with E-state index in [9.17, 15) is 4.79 Å². The third kappa shape index (κ3) is 2.45. The van der Waals surface area contributed by atoms with Gasteiger partial charge in [-0.25, -0.2) is 0 Å². The van der Waals surface area contributed by atoms with Crippen LogP contribution in [0.2, 0.25) is 0 Å². The van der Waals surface area contributed by atoms with E-state index < -0.39 is 0 Å². The maximum Gasteiger partial charge on any atom is 0.276 e. The molecular formula is C14H18N4O2. The Kier molecular flexibility index (Phi) is 3.54. The maximum atomic E-state index is 12.4. The van der Waals surface area contributed by atoms with Gasteiger partial charge >= 0.3 is 0 Å². The van der Waals surface area contributed by atoms with Gasteiger partial charge in [-0.15, -0.1) is 0 Å². The van der Waals surface area contributed by atoms with Gasteiger partial charge in [-0.1, -0.05) is 12.1 Å². The first-order valence-corrected chi connectivity index (χ1v) is 7.02. The third-order valence-electron chi connectivity index (χ3n) is 3.71. The van der Waals surface area contributed by atoms with Gasteiger partial charge in [0.1, 0.15) is 5.76 Å². The van der Waals surface area contributed by atoms with E-state index in [0.29, 0.717) is 18.2 Å². The van der Waals surface area contributed by atoms with Crippen LogP contribution < -0.4 is 0 Å². The van der Waals surface area contributed by atoms with Gasteiger partial charge in [-0.2, -0.15) is 5.10 Å². The minimum absolute atomic E-state index is 0.0434. The molecule has 1 fully saturated rings. The summed E-state index contributed by atoms with van der Waals surface area (Å²) in [6.45, 7) is 3.52. The van der Waals surface area contributed by atoms with Crippen LogP contribution in [0.3, 0.4) is 0 Å². The van der Waals surface area contributed by atoms with Crippen LogP contribution in [-0.2, 0) is 6.42 Å². The Bertz CT molecular complexity index is 576. The zero-order valence-electron chi connectivity index (χ0n) is 11.5. The van der Waals surface area contributed by atoms with E-state index in [1.807, 2.05) is 11.0 Å². The molecule has 2 aromatic heterocycles. The van der Waals surface area contributed by atoms with Crippen LogP contribution in [0.4, 0.5) is 0 Å². The molecule has 3 heterocycles. The molecule has 20 heavy (non-hydrogen) atoms. The summed E-state index contributed by atoms with van der Waals surface area (Å²) in [5.41, 5.74) is 1.51. The first-order valence-electron chi connectivity index (χ1n) is 7.02. The van der Waals surface area contributed by atoms with Crippen LogP contribution in [-0.4, -0.2) is 39.3 Å². The summed E-state index contributed by atoms with van der Waals surface area (Å²) >= 11 is 0. The first kappa shape index (κ1) is 12.9. The molecule has 1 unspecified atom stereocenters. The van der Waals surface area contributed by atoms with Crippen molar-refractivity contribution in [2.75, 3.05) is 13.1 Å². The Hall–Kier alpha value is -2.11. The quantitative estimate of drug-likeness (QED) is 0.925. The number of carbonyl (C=O) groups excluding carboxylic acids is 1. The Morgan fingerprint density at radius 1 is 1.60 bits per heavy atom. The molecular weight excluding hydrogens is 256 g/mol. The number of hydrogen-bond acceptors (Lipinski definition) is 4. The lowest BCUT2D eigenvalue weighted by atomic mass is 10.1. The monoisotopic (exact) mass is 274 g/mol. The zero-order valence-corrected chi connectivity index (χ0v) is 11.5. The SMILES string of the molecule is CCCc1cc(C(=O)N2CCC(c3ccn[nH]3)C2)no1. The summed E-state index contributed by atoms with van der Waals surface area (Å²) in [5.74, 6) is 1.07. The van der Waals surface area contributed by atoms with E-state index >= 15 is 0 Å². The number of aromatic amines is 1. The van der Waals surface area contributed by atoms with E-state index in [0.717, 1.165) is 37.3 Å². The molecule has 6 heteroatoms. The fraction of sp³-hybridized carbons (Fsp3) is 0.500. The molecule has 1 N–H and O–H groups in total. The summed E-state index contributed by atoms with van der Waals surface area (Å²) < 4.78 is 5.17. The van der Waals surface area contributed by atoms with Crippen molar-refractivity contribution in [3.63, 3.8) is 0 Å². The van der Waals surface area contributed by atoms with Crippen molar-refractivity contribution >= 4 is 5.91 Å². The van der Waals surface area contributed by atoms with Crippen LogP contribution in [0.15, 0.2) is 22.9 Å². The summed E-state index contributed by atoms with van der Waals surface area (Å²) in [6.07, 6.45) is 4.49. The number of likely N-dealkylation sites (tertiary alicyclic amines) is 1. The van der Waals surface area contributed by atoms with Gasteiger partial charge in [0.15, 0.2) is 5.69 Å². The number of H-pyrrole nitrogens is 1. The van der Waals surface area contributed by atoms with Crippen molar-refractivity contribution in [1.82, 2.24) is 20.3 Å². The lowest BCUT2D eigenvalue weighted by molar-refractivity contribution is 0.0780. The highest BCUT2D eigenvalue weighted by Gasteiger charge is 2.30. The Morgan fingerprint density at radius 3 is 3.25 bits per heavy atom. The Balaban J connectivity index is 1.66. The second-order valence-corrected chi connectivity index (χ2v) is 5.18. The second-order valence-electron chi connectivity index (χ2n) is 5.18. The van der Waals surface area contributed by atoms with Crippen molar-refractivity contribution in [2.45, 2.75) is 32.1 Å². The Labute approximate surface area is 117 Å². The van der Waals surface area contributed by atoms with Crippen molar-refractivity contribution in [1.29, 1.82) is 0 Å². The normalized spacial score (nSPS) is 18.6. The number of hydrogen-bond donors (Lipinski definition) is 1. The average molecular weight is 274 g/mol. The summed E-state index contributed by atoms with van der Waals surface area (Å²) in [4.78, 5) is 14.2. The van der Waals surface area contributed by atoms with Crippen LogP contribution >= 0.6 is 0 Å². The van der Waals surface area contributed by atoms with Crippen LogP contribution in [0.5, 0.6) is 0 Å². The van der Waals surface area contributed by atoms with Gasteiger partial charge in [0.05, 0.1) is 0 Å². The molecule has 2 aromatic rings. The number of aryl methyl sites for hydroxylation is 1. The van der Waals surface area contributed by atoms with Gasteiger partial charge < -0.3 is 9.42 Å². The molecule has 0 aromatic carbocycles. The van der Waals surface area contributed by atoms with E-state index in [1.165, 1.54) is 0 Å². The fourth-order valence-corrected chi connectivity index (χ4v) is 2.63. The molecule has 1 aliphatic rings. The molecule has 3 rings (SSSR count). The lowest BCUT2D eigenvalue weighted by Crippen LogP contribution is -2.28. The van der Waals surface area contributed by atoms with Crippen molar-refractivity contribution in [2.24, 2.45) is 0 Å². The Morgan fingerprint density at radius 2 is 2.50 bits per heavy atom. The standard InChI is InChI=1S/C14H18N4O2/c1-2-3-11-8-13(17-20-11)14(19)18-7-5-10(9-18)12-4-6-15-16-12/h4,6,8,10H,2-3,5,7,9H2,1H3,(H,15,16).